The largest absolute Gasteiger partial charge is 0.368 e. The number of piperidine rings is 1. The first-order chi connectivity index (χ1) is 6.11. The Balaban J connectivity index is 2.51. The van der Waals surface area contributed by atoms with Gasteiger partial charge < -0.3 is 5.73 Å². The van der Waals surface area contributed by atoms with E-state index in [1.54, 1.807) is 0 Å². The second-order valence-corrected chi connectivity index (χ2v) is 4.30. The van der Waals surface area contributed by atoms with Crippen molar-refractivity contribution in [3.8, 4) is 0 Å². The van der Waals surface area contributed by atoms with Crippen LogP contribution in [0.3, 0.4) is 0 Å². The highest BCUT2D eigenvalue weighted by molar-refractivity contribution is 5.79. The fraction of sp³-hybridized carbons (Fsp3) is 0.900. The molecule has 0 aromatic rings. The molecule has 3 heteroatoms. The van der Waals surface area contributed by atoms with Gasteiger partial charge in [0, 0.05) is 6.54 Å². The summed E-state index contributed by atoms with van der Waals surface area (Å²) in [6.07, 6.45) is 3.29. The third-order valence-electron chi connectivity index (χ3n) is 2.54. The van der Waals surface area contributed by atoms with Crippen LogP contribution in [0, 0.1) is 5.92 Å². The molecule has 0 spiro atoms. The van der Waals surface area contributed by atoms with Crippen LogP contribution in [0.2, 0.25) is 0 Å². The molecule has 1 amide bonds. The average Bonchev–Trinajstić information content (AvgIpc) is 2.03. The molecule has 76 valence electrons. The van der Waals surface area contributed by atoms with Gasteiger partial charge in [-0.1, -0.05) is 20.3 Å². The maximum Gasteiger partial charge on any atom is 0.234 e. The fourth-order valence-electron chi connectivity index (χ4n) is 2.00. The highest BCUT2D eigenvalue weighted by atomic mass is 16.1. The molecule has 13 heavy (non-hydrogen) atoms. The normalized spacial score (nSPS) is 25.0. The van der Waals surface area contributed by atoms with Crippen molar-refractivity contribution in [2.24, 2.45) is 11.7 Å². The molecule has 0 saturated carbocycles. The maximum absolute atomic E-state index is 11.1. The summed E-state index contributed by atoms with van der Waals surface area (Å²) in [5, 5.41) is 0. The van der Waals surface area contributed by atoms with Crippen LogP contribution >= 0.6 is 0 Å². The molecular weight excluding hydrogens is 164 g/mol. The number of amides is 1. The predicted molar refractivity (Wildman–Crippen MR) is 53.2 cm³/mol. The number of likely N-dealkylation sites (tertiary alicyclic amines) is 1. The van der Waals surface area contributed by atoms with Gasteiger partial charge in [0.1, 0.15) is 0 Å². The van der Waals surface area contributed by atoms with E-state index in [-0.39, 0.29) is 11.9 Å². The molecule has 1 rings (SSSR count). The first-order valence-corrected chi connectivity index (χ1v) is 5.14. The molecule has 1 saturated heterocycles. The van der Waals surface area contributed by atoms with Gasteiger partial charge in [-0.25, -0.2) is 0 Å². The van der Waals surface area contributed by atoms with Crippen molar-refractivity contribution in [3.05, 3.63) is 0 Å². The molecule has 1 atom stereocenters. The minimum Gasteiger partial charge on any atom is -0.368 e. The quantitative estimate of drug-likeness (QED) is 0.710. The molecule has 0 radical (unpaired) electrons. The van der Waals surface area contributed by atoms with Gasteiger partial charge in [-0.3, -0.25) is 9.69 Å². The molecule has 2 N–H and O–H groups in total. The summed E-state index contributed by atoms with van der Waals surface area (Å²) in [7, 11) is 0. The van der Waals surface area contributed by atoms with Crippen LogP contribution in [0.25, 0.3) is 0 Å². The van der Waals surface area contributed by atoms with Crippen LogP contribution in [0.1, 0.15) is 33.1 Å². The van der Waals surface area contributed by atoms with E-state index in [1.165, 1.54) is 6.42 Å². The number of carbonyl (C=O) groups is 1. The van der Waals surface area contributed by atoms with Crippen molar-refractivity contribution in [2.45, 2.75) is 39.2 Å². The third-order valence-corrected chi connectivity index (χ3v) is 2.54. The van der Waals surface area contributed by atoms with Gasteiger partial charge in [0.2, 0.25) is 5.91 Å². The molecular formula is C10H20N2O. The number of nitrogens with zero attached hydrogens (tertiary/aromatic N) is 1. The topological polar surface area (TPSA) is 46.3 Å². The van der Waals surface area contributed by atoms with Gasteiger partial charge in [-0.15, -0.1) is 0 Å². The lowest BCUT2D eigenvalue weighted by Crippen LogP contribution is -2.48. The van der Waals surface area contributed by atoms with Crippen LogP contribution < -0.4 is 5.73 Å². The third kappa shape index (κ3) is 2.99. The Bertz CT molecular complexity index is 180. The van der Waals surface area contributed by atoms with E-state index in [0.717, 1.165) is 25.9 Å². The van der Waals surface area contributed by atoms with E-state index in [0.29, 0.717) is 5.92 Å². The van der Waals surface area contributed by atoms with Crippen LogP contribution in [-0.2, 0) is 4.79 Å². The summed E-state index contributed by atoms with van der Waals surface area (Å²) in [6.45, 7) is 6.37. The highest BCUT2D eigenvalue weighted by Gasteiger charge is 2.26. The summed E-state index contributed by atoms with van der Waals surface area (Å²) in [5.74, 6) is 0.459. The second kappa shape index (κ2) is 4.61. The van der Waals surface area contributed by atoms with Gasteiger partial charge >= 0.3 is 0 Å². The van der Waals surface area contributed by atoms with E-state index >= 15 is 0 Å². The summed E-state index contributed by atoms with van der Waals surface area (Å²) in [6, 6.07) is -0.00356. The Kier molecular flexibility index (Phi) is 3.72. The molecule has 0 aromatic heterocycles. The van der Waals surface area contributed by atoms with Gasteiger partial charge in [-0.2, -0.15) is 0 Å². The molecule has 1 aliphatic rings. The SMILES string of the molecule is CC(C)CN1CCCC[C@@H]1C(N)=O. The predicted octanol–water partition coefficient (Wildman–Crippen LogP) is 0.982. The van der Waals surface area contributed by atoms with Crippen molar-refractivity contribution in [3.63, 3.8) is 0 Å². The zero-order valence-electron chi connectivity index (χ0n) is 8.62. The summed E-state index contributed by atoms with van der Waals surface area (Å²) in [4.78, 5) is 13.4. The Labute approximate surface area is 80.3 Å². The van der Waals surface area contributed by atoms with Gasteiger partial charge in [0.15, 0.2) is 0 Å². The first-order valence-electron chi connectivity index (χ1n) is 5.14. The zero-order valence-corrected chi connectivity index (χ0v) is 8.62. The van der Waals surface area contributed by atoms with Crippen LogP contribution in [0.5, 0.6) is 0 Å². The number of rotatable bonds is 3. The van der Waals surface area contributed by atoms with E-state index in [2.05, 4.69) is 18.7 Å². The molecule has 0 unspecified atom stereocenters. The van der Waals surface area contributed by atoms with Crippen LogP contribution in [-0.4, -0.2) is 29.9 Å². The van der Waals surface area contributed by atoms with Gasteiger partial charge in [-0.05, 0) is 25.3 Å². The minimum absolute atomic E-state index is 0.00356. The minimum atomic E-state index is -0.152. The lowest BCUT2D eigenvalue weighted by Gasteiger charge is -2.34. The van der Waals surface area contributed by atoms with E-state index < -0.39 is 0 Å². The zero-order chi connectivity index (χ0) is 9.84. The standard InChI is InChI=1S/C10H20N2O/c1-8(2)7-12-6-4-3-5-9(12)10(11)13/h8-9H,3-7H2,1-2H3,(H2,11,13)/t9-/m1/s1. The average molecular weight is 184 g/mol. The van der Waals surface area contributed by atoms with E-state index in [1.807, 2.05) is 0 Å². The number of hydrogen-bond donors (Lipinski definition) is 1. The molecule has 3 nitrogen and oxygen atoms in total. The lowest BCUT2D eigenvalue weighted by molar-refractivity contribution is -0.124. The van der Waals surface area contributed by atoms with Crippen molar-refractivity contribution in [2.75, 3.05) is 13.1 Å². The molecule has 1 aliphatic heterocycles. The summed E-state index contributed by atoms with van der Waals surface area (Å²) >= 11 is 0. The Morgan fingerprint density at radius 3 is 2.77 bits per heavy atom. The Hall–Kier alpha value is -0.570. The fourth-order valence-corrected chi connectivity index (χ4v) is 2.00. The second-order valence-electron chi connectivity index (χ2n) is 4.30. The van der Waals surface area contributed by atoms with E-state index in [4.69, 9.17) is 5.73 Å². The number of carbonyl (C=O) groups excluding carboxylic acids is 1. The van der Waals surface area contributed by atoms with Crippen molar-refractivity contribution in [1.82, 2.24) is 4.90 Å². The Morgan fingerprint density at radius 2 is 2.23 bits per heavy atom. The lowest BCUT2D eigenvalue weighted by atomic mass is 10.0. The summed E-state index contributed by atoms with van der Waals surface area (Å²) in [5.41, 5.74) is 5.35. The van der Waals surface area contributed by atoms with E-state index in [9.17, 15) is 4.79 Å². The molecule has 0 bridgehead atoms. The van der Waals surface area contributed by atoms with Crippen molar-refractivity contribution >= 4 is 5.91 Å². The molecule has 0 aliphatic carbocycles. The molecule has 0 aromatic carbocycles. The van der Waals surface area contributed by atoms with Crippen LogP contribution in [0.4, 0.5) is 0 Å². The monoisotopic (exact) mass is 184 g/mol. The molecule has 1 fully saturated rings. The van der Waals surface area contributed by atoms with Crippen molar-refractivity contribution < 1.29 is 4.79 Å². The van der Waals surface area contributed by atoms with Gasteiger partial charge in [0.05, 0.1) is 6.04 Å². The number of primary amides is 1. The first kappa shape index (κ1) is 10.5. The summed E-state index contributed by atoms with van der Waals surface area (Å²) < 4.78 is 0. The van der Waals surface area contributed by atoms with Crippen molar-refractivity contribution in [1.29, 1.82) is 0 Å². The van der Waals surface area contributed by atoms with Crippen LogP contribution in [0.15, 0.2) is 0 Å². The maximum atomic E-state index is 11.1. The number of hydrogen-bond acceptors (Lipinski definition) is 2. The molecule has 1 heterocycles. The highest BCUT2D eigenvalue weighted by Crippen LogP contribution is 2.17. The number of nitrogens with two attached hydrogens (primary N) is 1. The van der Waals surface area contributed by atoms with Gasteiger partial charge in [0.25, 0.3) is 0 Å². The Morgan fingerprint density at radius 1 is 1.54 bits per heavy atom. The smallest absolute Gasteiger partial charge is 0.234 e.